The van der Waals surface area contributed by atoms with Gasteiger partial charge in [0, 0.05) is 43.9 Å². The average molecular weight is 429 g/mol. The van der Waals surface area contributed by atoms with Crippen LogP contribution in [-0.4, -0.2) is 55.2 Å². The number of benzene rings is 2. The first-order chi connectivity index (χ1) is 15.1. The van der Waals surface area contributed by atoms with Gasteiger partial charge in [0.05, 0.1) is 24.7 Å². The highest BCUT2D eigenvalue weighted by Gasteiger charge is 2.10. The van der Waals surface area contributed by atoms with Gasteiger partial charge < -0.3 is 15.4 Å². The first kappa shape index (κ1) is 22.6. The standard InChI is InChI=1S/C22H28FN5O3/c23-21-5-2-1-4-19(21)17-26-22(24-10-3-11-27-12-14-31-15-13-27)25-16-18-6-8-20(9-7-18)28(29)30/h1-2,4-9H,3,10-17H2,(H2,24,25,26). The quantitative estimate of drug-likeness (QED) is 0.209. The lowest BCUT2D eigenvalue weighted by Crippen LogP contribution is -2.40. The second-order valence-corrected chi connectivity index (χ2v) is 7.27. The van der Waals surface area contributed by atoms with Crippen molar-refractivity contribution < 1.29 is 14.1 Å². The summed E-state index contributed by atoms with van der Waals surface area (Å²) in [5.74, 6) is 0.306. The van der Waals surface area contributed by atoms with Crippen molar-refractivity contribution in [3.8, 4) is 0 Å². The lowest BCUT2D eigenvalue weighted by atomic mass is 10.2. The molecule has 9 heteroatoms. The summed E-state index contributed by atoms with van der Waals surface area (Å²) in [6.07, 6.45) is 0.942. The molecule has 166 valence electrons. The zero-order chi connectivity index (χ0) is 21.9. The molecule has 1 aliphatic rings. The van der Waals surface area contributed by atoms with Gasteiger partial charge in [-0.05, 0) is 24.6 Å². The molecule has 0 atom stereocenters. The molecule has 0 amide bonds. The molecule has 3 rings (SSSR count). The first-order valence-electron chi connectivity index (χ1n) is 10.4. The molecule has 2 N–H and O–H groups in total. The SMILES string of the molecule is O=[N+]([O-])c1ccc(CN=C(NCCCN2CCOCC2)NCc2ccccc2F)cc1. The van der Waals surface area contributed by atoms with Crippen LogP contribution in [0, 0.1) is 15.9 Å². The predicted molar refractivity (Wildman–Crippen MR) is 117 cm³/mol. The number of ether oxygens (including phenoxy) is 1. The fraction of sp³-hybridized carbons (Fsp3) is 0.409. The van der Waals surface area contributed by atoms with Crippen LogP contribution < -0.4 is 10.6 Å². The number of aliphatic imine (C=N–C) groups is 1. The summed E-state index contributed by atoms with van der Waals surface area (Å²) in [6.45, 7) is 5.81. The smallest absolute Gasteiger partial charge is 0.269 e. The Balaban J connectivity index is 1.56. The third-order valence-corrected chi connectivity index (χ3v) is 5.02. The van der Waals surface area contributed by atoms with Gasteiger partial charge in [-0.15, -0.1) is 0 Å². The van der Waals surface area contributed by atoms with Gasteiger partial charge in [-0.25, -0.2) is 9.38 Å². The Bertz CT molecular complexity index is 870. The number of hydrogen-bond acceptors (Lipinski definition) is 5. The van der Waals surface area contributed by atoms with Crippen LogP contribution >= 0.6 is 0 Å². The minimum absolute atomic E-state index is 0.0480. The van der Waals surface area contributed by atoms with E-state index in [1.54, 1.807) is 30.3 Å². The normalized spacial score (nSPS) is 14.9. The number of rotatable bonds is 9. The Morgan fingerprint density at radius 2 is 1.87 bits per heavy atom. The molecule has 0 aromatic heterocycles. The second kappa shape index (κ2) is 12.0. The van der Waals surface area contributed by atoms with E-state index in [4.69, 9.17) is 4.74 Å². The van der Waals surface area contributed by atoms with E-state index >= 15 is 0 Å². The summed E-state index contributed by atoms with van der Waals surface area (Å²) in [5.41, 5.74) is 1.46. The van der Waals surface area contributed by atoms with E-state index in [9.17, 15) is 14.5 Å². The Morgan fingerprint density at radius 1 is 1.13 bits per heavy atom. The number of nitrogens with zero attached hydrogens (tertiary/aromatic N) is 3. The molecule has 0 radical (unpaired) electrons. The highest BCUT2D eigenvalue weighted by Crippen LogP contribution is 2.12. The van der Waals surface area contributed by atoms with Crippen molar-refractivity contribution in [1.82, 2.24) is 15.5 Å². The Morgan fingerprint density at radius 3 is 2.58 bits per heavy atom. The number of hydrogen-bond donors (Lipinski definition) is 2. The van der Waals surface area contributed by atoms with Gasteiger partial charge in [-0.3, -0.25) is 15.0 Å². The van der Waals surface area contributed by atoms with Crippen LogP contribution in [0.25, 0.3) is 0 Å². The third kappa shape index (κ3) is 7.62. The minimum Gasteiger partial charge on any atom is -0.379 e. The molecule has 31 heavy (non-hydrogen) atoms. The zero-order valence-corrected chi connectivity index (χ0v) is 17.4. The topological polar surface area (TPSA) is 92.0 Å². The lowest BCUT2D eigenvalue weighted by Gasteiger charge is -2.26. The van der Waals surface area contributed by atoms with E-state index in [2.05, 4.69) is 20.5 Å². The molecule has 0 bridgehead atoms. The van der Waals surface area contributed by atoms with Gasteiger partial charge in [0.15, 0.2) is 5.96 Å². The fourth-order valence-electron chi connectivity index (χ4n) is 3.22. The Labute approximate surface area is 181 Å². The van der Waals surface area contributed by atoms with Crippen molar-refractivity contribution in [2.24, 2.45) is 4.99 Å². The van der Waals surface area contributed by atoms with Crippen molar-refractivity contribution >= 4 is 11.6 Å². The third-order valence-electron chi connectivity index (χ3n) is 5.02. The minimum atomic E-state index is -0.426. The van der Waals surface area contributed by atoms with E-state index in [0.717, 1.165) is 51.4 Å². The van der Waals surface area contributed by atoms with Gasteiger partial charge in [0.2, 0.25) is 0 Å². The van der Waals surface area contributed by atoms with E-state index in [1.165, 1.54) is 18.2 Å². The number of non-ortho nitro benzene ring substituents is 1. The summed E-state index contributed by atoms with van der Waals surface area (Å²) in [6, 6.07) is 12.9. The van der Waals surface area contributed by atoms with Crippen LogP contribution in [0.4, 0.5) is 10.1 Å². The van der Waals surface area contributed by atoms with Crippen molar-refractivity contribution in [3.63, 3.8) is 0 Å². The van der Waals surface area contributed by atoms with Crippen molar-refractivity contribution in [3.05, 3.63) is 75.6 Å². The molecule has 2 aromatic carbocycles. The molecule has 2 aromatic rings. The molecular formula is C22H28FN5O3. The van der Waals surface area contributed by atoms with E-state index in [1.807, 2.05) is 0 Å². The predicted octanol–water partition coefficient (Wildman–Crippen LogP) is 2.69. The summed E-state index contributed by atoms with van der Waals surface area (Å²) >= 11 is 0. The van der Waals surface area contributed by atoms with E-state index in [0.29, 0.717) is 24.6 Å². The van der Waals surface area contributed by atoms with Crippen LogP contribution in [0.2, 0.25) is 0 Å². The van der Waals surface area contributed by atoms with Gasteiger partial charge in [0.25, 0.3) is 5.69 Å². The number of nitro groups is 1. The summed E-state index contributed by atoms with van der Waals surface area (Å²) in [7, 11) is 0. The molecule has 1 aliphatic heterocycles. The Hall–Kier alpha value is -3.04. The largest absolute Gasteiger partial charge is 0.379 e. The maximum Gasteiger partial charge on any atom is 0.269 e. The van der Waals surface area contributed by atoms with Crippen molar-refractivity contribution in [1.29, 1.82) is 0 Å². The maximum atomic E-state index is 13.9. The van der Waals surface area contributed by atoms with Crippen LogP contribution in [0.3, 0.4) is 0 Å². The fourth-order valence-corrected chi connectivity index (χ4v) is 3.22. The number of halogens is 1. The molecule has 1 fully saturated rings. The van der Waals surface area contributed by atoms with E-state index < -0.39 is 4.92 Å². The zero-order valence-electron chi connectivity index (χ0n) is 17.4. The molecule has 0 unspecified atom stereocenters. The van der Waals surface area contributed by atoms with Gasteiger partial charge >= 0.3 is 0 Å². The van der Waals surface area contributed by atoms with Crippen molar-refractivity contribution in [2.45, 2.75) is 19.5 Å². The summed E-state index contributed by atoms with van der Waals surface area (Å²) < 4.78 is 19.3. The highest BCUT2D eigenvalue weighted by atomic mass is 19.1. The highest BCUT2D eigenvalue weighted by molar-refractivity contribution is 5.79. The van der Waals surface area contributed by atoms with Crippen molar-refractivity contribution in [2.75, 3.05) is 39.4 Å². The van der Waals surface area contributed by atoms with E-state index in [-0.39, 0.29) is 11.5 Å². The lowest BCUT2D eigenvalue weighted by molar-refractivity contribution is -0.384. The second-order valence-electron chi connectivity index (χ2n) is 7.27. The van der Waals surface area contributed by atoms with Crippen LogP contribution in [-0.2, 0) is 17.8 Å². The van der Waals surface area contributed by atoms with Gasteiger partial charge in [0.1, 0.15) is 5.82 Å². The molecule has 1 heterocycles. The molecule has 8 nitrogen and oxygen atoms in total. The monoisotopic (exact) mass is 429 g/mol. The number of guanidine groups is 1. The number of nitrogens with one attached hydrogen (secondary N) is 2. The Kier molecular flexibility index (Phi) is 8.74. The van der Waals surface area contributed by atoms with Gasteiger partial charge in [-0.1, -0.05) is 30.3 Å². The average Bonchev–Trinajstić information content (AvgIpc) is 2.80. The summed E-state index contributed by atoms with van der Waals surface area (Å²) in [4.78, 5) is 17.3. The maximum absolute atomic E-state index is 13.9. The first-order valence-corrected chi connectivity index (χ1v) is 10.4. The molecule has 0 aliphatic carbocycles. The number of nitro benzene ring substituents is 1. The van der Waals surface area contributed by atoms with Crippen LogP contribution in [0.1, 0.15) is 17.5 Å². The molecule has 0 spiro atoms. The molecule has 1 saturated heterocycles. The van der Waals surface area contributed by atoms with Crippen LogP contribution in [0.5, 0.6) is 0 Å². The number of morpholine rings is 1. The molecule has 0 saturated carbocycles. The molecular weight excluding hydrogens is 401 g/mol. The summed E-state index contributed by atoms with van der Waals surface area (Å²) in [5, 5.41) is 17.3. The van der Waals surface area contributed by atoms with Gasteiger partial charge in [-0.2, -0.15) is 0 Å². The van der Waals surface area contributed by atoms with Crippen LogP contribution in [0.15, 0.2) is 53.5 Å².